The average Bonchev–Trinajstić information content (AvgIpc) is 2.83. The van der Waals surface area contributed by atoms with E-state index in [1.165, 1.54) is 11.3 Å². The molecule has 0 amide bonds. The van der Waals surface area contributed by atoms with E-state index in [4.69, 9.17) is 4.74 Å². The Bertz CT molecular complexity index is 486. The minimum Gasteiger partial charge on any atom is -0.422 e. The van der Waals surface area contributed by atoms with Crippen molar-refractivity contribution >= 4 is 23.1 Å². The summed E-state index contributed by atoms with van der Waals surface area (Å²) < 4.78 is 5.16. The quantitative estimate of drug-likeness (QED) is 0.595. The lowest BCUT2D eigenvalue weighted by atomic mass is 10.2. The van der Waals surface area contributed by atoms with Gasteiger partial charge < -0.3 is 4.74 Å². The summed E-state index contributed by atoms with van der Waals surface area (Å²) in [6.07, 6.45) is 0. The number of benzene rings is 1. The first-order valence-corrected chi connectivity index (χ1v) is 5.65. The van der Waals surface area contributed by atoms with Crippen LogP contribution in [0.2, 0.25) is 0 Å². The van der Waals surface area contributed by atoms with Crippen molar-refractivity contribution in [3.63, 3.8) is 0 Å². The van der Waals surface area contributed by atoms with E-state index in [1.807, 2.05) is 23.6 Å². The molecule has 16 heavy (non-hydrogen) atoms. The number of hydrogen-bond acceptors (Lipinski definition) is 3. The Balaban J connectivity index is 2.06. The summed E-state index contributed by atoms with van der Waals surface area (Å²) in [5.74, 6) is 0.0165. The molecule has 2 nitrogen and oxygen atoms in total. The second-order valence-corrected chi connectivity index (χ2v) is 4.10. The first-order chi connectivity index (χ1) is 7.77. The highest BCUT2D eigenvalue weighted by Crippen LogP contribution is 2.20. The number of thiophene rings is 1. The smallest absolute Gasteiger partial charge is 0.343 e. The number of carbonyl (C=O) groups excluding carboxylic acids is 1. The van der Waals surface area contributed by atoms with E-state index in [1.54, 1.807) is 24.3 Å². The van der Waals surface area contributed by atoms with Crippen molar-refractivity contribution in [2.45, 2.75) is 0 Å². The van der Waals surface area contributed by atoms with Gasteiger partial charge in [-0.1, -0.05) is 30.8 Å². The van der Waals surface area contributed by atoms with Crippen LogP contribution in [0.15, 0.2) is 54.4 Å². The van der Waals surface area contributed by atoms with Crippen LogP contribution in [0.25, 0.3) is 5.76 Å². The third-order valence-electron chi connectivity index (χ3n) is 2.02. The zero-order valence-electron chi connectivity index (χ0n) is 8.55. The summed E-state index contributed by atoms with van der Waals surface area (Å²) >= 11 is 1.49. The van der Waals surface area contributed by atoms with Crippen LogP contribution in [0.5, 0.6) is 0 Å². The maximum absolute atomic E-state index is 11.7. The van der Waals surface area contributed by atoms with E-state index >= 15 is 0 Å². The molecular formula is C13H10O2S. The summed E-state index contributed by atoms with van der Waals surface area (Å²) in [7, 11) is 0. The van der Waals surface area contributed by atoms with Crippen LogP contribution in [0, 0.1) is 0 Å². The van der Waals surface area contributed by atoms with E-state index in [0.29, 0.717) is 11.3 Å². The molecule has 0 bridgehead atoms. The minimum atomic E-state index is -0.376. The van der Waals surface area contributed by atoms with Crippen LogP contribution < -0.4 is 0 Å². The van der Waals surface area contributed by atoms with Gasteiger partial charge in [0, 0.05) is 0 Å². The summed E-state index contributed by atoms with van der Waals surface area (Å²) in [5.41, 5.74) is 0.528. The van der Waals surface area contributed by atoms with Gasteiger partial charge in [-0.05, 0) is 23.6 Å². The molecule has 0 saturated carbocycles. The molecule has 0 atom stereocenters. The lowest BCUT2D eigenvalue weighted by Crippen LogP contribution is -2.02. The lowest BCUT2D eigenvalue weighted by Gasteiger charge is -2.04. The Hall–Kier alpha value is -1.87. The van der Waals surface area contributed by atoms with E-state index in [9.17, 15) is 4.79 Å². The maximum atomic E-state index is 11.7. The van der Waals surface area contributed by atoms with Gasteiger partial charge in [-0.15, -0.1) is 11.3 Å². The van der Waals surface area contributed by atoms with E-state index in [0.717, 1.165) is 4.88 Å². The van der Waals surface area contributed by atoms with Crippen molar-refractivity contribution in [2.24, 2.45) is 0 Å². The largest absolute Gasteiger partial charge is 0.422 e. The molecule has 80 valence electrons. The van der Waals surface area contributed by atoms with Crippen LogP contribution in [-0.2, 0) is 4.74 Å². The summed E-state index contributed by atoms with van der Waals surface area (Å²) in [6.45, 7) is 3.73. The molecule has 1 heterocycles. The summed E-state index contributed by atoms with van der Waals surface area (Å²) in [6, 6.07) is 12.6. The molecule has 0 fully saturated rings. The number of ether oxygens (including phenoxy) is 1. The van der Waals surface area contributed by atoms with Crippen LogP contribution in [0.4, 0.5) is 0 Å². The second-order valence-electron chi connectivity index (χ2n) is 3.16. The van der Waals surface area contributed by atoms with Crippen molar-refractivity contribution < 1.29 is 9.53 Å². The zero-order valence-corrected chi connectivity index (χ0v) is 9.37. The molecule has 0 aliphatic rings. The predicted octanol–water partition coefficient (Wildman–Crippen LogP) is 3.58. The molecule has 1 aromatic carbocycles. The molecule has 0 unspecified atom stereocenters. The fraction of sp³-hybridized carbons (Fsp3) is 0. The van der Waals surface area contributed by atoms with E-state index < -0.39 is 0 Å². The number of hydrogen-bond donors (Lipinski definition) is 0. The van der Waals surface area contributed by atoms with E-state index in [2.05, 4.69) is 6.58 Å². The molecule has 0 saturated heterocycles. The Morgan fingerprint density at radius 1 is 1.12 bits per heavy atom. The molecule has 0 radical (unpaired) electrons. The predicted molar refractivity (Wildman–Crippen MR) is 65.2 cm³/mol. The third-order valence-corrected chi connectivity index (χ3v) is 2.93. The van der Waals surface area contributed by atoms with Gasteiger partial charge in [0.05, 0.1) is 10.4 Å². The van der Waals surface area contributed by atoms with Crippen LogP contribution in [-0.4, -0.2) is 5.97 Å². The highest BCUT2D eigenvalue weighted by Gasteiger charge is 2.09. The van der Waals surface area contributed by atoms with Gasteiger partial charge in [0.2, 0.25) is 0 Å². The SMILES string of the molecule is C=C(OC(=O)c1ccccc1)c1cccs1. The van der Waals surface area contributed by atoms with E-state index in [-0.39, 0.29) is 5.97 Å². The van der Waals surface area contributed by atoms with Gasteiger partial charge in [0.25, 0.3) is 0 Å². The first-order valence-electron chi connectivity index (χ1n) is 4.77. The lowest BCUT2D eigenvalue weighted by molar-refractivity contribution is 0.0693. The molecule has 0 aliphatic carbocycles. The molecule has 0 N–H and O–H groups in total. The van der Waals surface area contributed by atoms with Crippen LogP contribution >= 0.6 is 11.3 Å². The Morgan fingerprint density at radius 2 is 1.88 bits per heavy atom. The number of esters is 1. The molecule has 3 heteroatoms. The van der Waals surface area contributed by atoms with Crippen molar-refractivity contribution in [1.82, 2.24) is 0 Å². The standard InChI is InChI=1S/C13H10O2S/c1-10(12-8-5-9-16-12)15-13(14)11-6-3-2-4-7-11/h2-9H,1H2. The Labute approximate surface area is 97.8 Å². The van der Waals surface area contributed by atoms with Gasteiger partial charge in [0.15, 0.2) is 0 Å². The van der Waals surface area contributed by atoms with Gasteiger partial charge in [-0.2, -0.15) is 0 Å². The highest BCUT2D eigenvalue weighted by molar-refractivity contribution is 7.11. The van der Waals surface area contributed by atoms with Gasteiger partial charge >= 0.3 is 5.97 Å². The summed E-state index contributed by atoms with van der Waals surface area (Å²) in [4.78, 5) is 12.5. The molecule has 1 aromatic heterocycles. The molecule has 2 rings (SSSR count). The third kappa shape index (κ3) is 2.38. The highest BCUT2D eigenvalue weighted by atomic mass is 32.1. The van der Waals surface area contributed by atoms with Gasteiger partial charge in [-0.25, -0.2) is 4.79 Å². The van der Waals surface area contributed by atoms with Crippen LogP contribution in [0.3, 0.4) is 0 Å². The molecular weight excluding hydrogens is 220 g/mol. The van der Waals surface area contributed by atoms with Crippen molar-refractivity contribution in [2.75, 3.05) is 0 Å². The minimum absolute atomic E-state index is 0.376. The fourth-order valence-electron chi connectivity index (χ4n) is 1.23. The molecule has 2 aromatic rings. The topological polar surface area (TPSA) is 26.3 Å². The number of rotatable bonds is 3. The number of carbonyl (C=O) groups is 1. The zero-order chi connectivity index (χ0) is 11.4. The van der Waals surface area contributed by atoms with Crippen molar-refractivity contribution in [3.8, 4) is 0 Å². The monoisotopic (exact) mass is 230 g/mol. The normalized spacial score (nSPS) is 9.75. The van der Waals surface area contributed by atoms with Crippen molar-refractivity contribution in [1.29, 1.82) is 0 Å². The Morgan fingerprint density at radius 3 is 2.50 bits per heavy atom. The van der Waals surface area contributed by atoms with Crippen LogP contribution in [0.1, 0.15) is 15.2 Å². The average molecular weight is 230 g/mol. The Kier molecular flexibility index (Phi) is 3.17. The van der Waals surface area contributed by atoms with Crippen molar-refractivity contribution in [3.05, 3.63) is 64.9 Å². The maximum Gasteiger partial charge on any atom is 0.343 e. The molecule has 0 spiro atoms. The summed E-state index contributed by atoms with van der Waals surface area (Å²) in [5, 5.41) is 1.91. The molecule has 0 aliphatic heterocycles. The van der Waals surface area contributed by atoms with Gasteiger partial charge in [0.1, 0.15) is 5.76 Å². The second kappa shape index (κ2) is 4.77. The van der Waals surface area contributed by atoms with Gasteiger partial charge in [-0.3, -0.25) is 0 Å². The fourth-order valence-corrected chi connectivity index (χ4v) is 1.87. The first kappa shape index (κ1) is 10.6.